The second kappa shape index (κ2) is 8.08. The first-order valence-electron chi connectivity index (χ1n) is 7.70. The highest BCUT2D eigenvalue weighted by atomic mass is 16.5. The first kappa shape index (κ1) is 18.4. The molecule has 0 spiro atoms. The molecule has 4 heteroatoms. The van der Waals surface area contributed by atoms with E-state index in [-0.39, 0.29) is 16.8 Å². The molecule has 0 radical (unpaired) electrons. The summed E-state index contributed by atoms with van der Waals surface area (Å²) in [5, 5.41) is 3.31. The van der Waals surface area contributed by atoms with Crippen LogP contribution in [-0.4, -0.2) is 30.9 Å². The molecule has 22 heavy (non-hydrogen) atoms. The number of carbonyl (C=O) groups is 2. The minimum Gasteiger partial charge on any atom is -0.462 e. The lowest BCUT2D eigenvalue weighted by Gasteiger charge is -2.32. The van der Waals surface area contributed by atoms with Crippen LogP contribution in [-0.2, 0) is 9.53 Å². The van der Waals surface area contributed by atoms with E-state index in [1.807, 2.05) is 51.1 Å². The van der Waals surface area contributed by atoms with Crippen molar-refractivity contribution in [2.75, 3.05) is 13.1 Å². The van der Waals surface area contributed by atoms with Crippen molar-refractivity contribution in [1.82, 2.24) is 5.32 Å². The third-order valence-electron chi connectivity index (χ3n) is 3.58. The predicted molar refractivity (Wildman–Crippen MR) is 87.9 cm³/mol. The topological polar surface area (TPSA) is 55.4 Å². The molecule has 4 nitrogen and oxygen atoms in total. The van der Waals surface area contributed by atoms with E-state index < -0.39 is 0 Å². The number of ether oxygens (including phenoxy) is 1. The van der Waals surface area contributed by atoms with Gasteiger partial charge in [-0.05, 0) is 40.2 Å². The Morgan fingerprint density at radius 1 is 1.27 bits per heavy atom. The summed E-state index contributed by atoms with van der Waals surface area (Å²) in [4.78, 5) is 21.9. The predicted octanol–water partition coefficient (Wildman–Crippen LogP) is 3.22. The van der Waals surface area contributed by atoms with Gasteiger partial charge in [-0.15, -0.1) is 0 Å². The van der Waals surface area contributed by atoms with Crippen molar-refractivity contribution in [3.63, 3.8) is 0 Å². The molecule has 2 rings (SSSR count). The van der Waals surface area contributed by atoms with Crippen LogP contribution in [0, 0.1) is 5.41 Å². The number of Topliss-reactive ketones (excluding diaryl/α,β-unsaturated/α-hetero) is 1. The Balaban J connectivity index is 0.000000295. The summed E-state index contributed by atoms with van der Waals surface area (Å²) in [6.07, 6.45) is 2.09. The van der Waals surface area contributed by atoms with Gasteiger partial charge in [0.2, 0.25) is 0 Å². The highest BCUT2D eigenvalue weighted by molar-refractivity contribution is 6.00. The van der Waals surface area contributed by atoms with Gasteiger partial charge < -0.3 is 10.1 Å². The van der Waals surface area contributed by atoms with Crippen LogP contribution in [0.5, 0.6) is 0 Å². The van der Waals surface area contributed by atoms with Crippen molar-refractivity contribution in [3.8, 4) is 0 Å². The van der Waals surface area contributed by atoms with Crippen molar-refractivity contribution in [2.45, 2.75) is 46.1 Å². The van der Waals surface area contributed by atoms with E-state index in [1.165, 1.54) is 0 Å². The molecule has 1 aromatic carbocycles. The van der Waals surface area contributed by atoms with Crippen LogP contribution >= 0.6 is 0 Å². The summed E-state index contributed by atoms with van der Waals surface area (Å²) in [5.74, 6) is 0.273. The van der Waals surface area contributed by atoms with Crippen LogP contribution in [0.25, 0.3) is 0 Å². The van der Waals surface area contributed by atoms with Gasteiger partial charge in [0, 0.05) is 17.5 Å². The summed E-state index contributed by atoms with van der Waals surface area (Å²) >= 11 is 0. The summed E-state index contributed by atoms with van der Waals surface area (Å²) < 4.78 is 4.55. The molecular weight excluding hydrogens is 278 g/mol. The number of benzene rings is 1. The molecule has 1 heterocycles. The number of piperidine rings is 1. The molecule has 1 N–H and O–H groups in total. The fourth-order valence-electron chi connectivity index (χ4n) is 2.33. The lowest BCUT2D eigenvalue weighted by atomic mass is 9.76. The largest absolute Gasteiger partial charge is 0.462 e. The quantitative estimate of drug-likeness (QED) is 0.688. The number of hydrogen-bond donors (Lipinski definition) is 1. The van der Waals surface area contributed by atoms with E-state index in [1.54, 1.807) is 0 Å². The third-order valence-corrected chi connectivity index (χ3v) is 3.58. The Labute approximate surface area is 133 Å². The van der Waals surface area contributed by atoms with Gasteiger partial charge in [-0.25, -0.2) is 0 Å². The van der Waals surface area contributed by atoms with Crippen LogP contribution in [0.3, 0.4) is 0 Å². The first-order chi connectivity index (χ1) is 10.3. The number of rotatable bonds is 3. The summed E-state index contributed by atoms with van der Waals surface area (Å²) in [6.45, 7) is 9.83. The van der Waals surface area contributed by atoms with Crippen molar-refractivity contribution >= 4 is 12.3 Å². The second-order valence-electron chi connectivity index (χ2n) is 6.86. The normalized spacial score (nSPS) is 21.3. The third kappa shape index (κ3) is 5.98. The standard InChI is InChI=1S/C13H17NO.C5H10O2/c1-13(8-5-9-14-10-13)12(15)11-6-3-2-4-7-11;1-5(2,3)7-4-6/h2-4,6-7,14H,5,8-10H2,1H3;4H,1-3H3. The van der Waals surface area contributed by atoms with Crippen molar-refractivity contribution in [1.29, 1.82) is 0 Å². The Morgan fingerprint density at radius 2 is 1.91 bits per heavy atom. The Hall–Kier alpha value is -1.68. The molecule has 0 aliphatic carbocycles. The average molecular weight is 305 g/mol. The molecular formula is C18H27NO3. The SMILES string of the molecule is CC(C)(C)OC=O.CC1(C(=O)c2ccccc2)CCCNC1. The van der Waals surface area contributed by atoms with Crippen LogP contribution < -0.4 is 5.32 Å². The van der Waals surface area contributed by atoms with Gasteiger partial charge in [-0.1, -0.05) is 37.3 Å². The number of hydrogen-bond acceptors (Lipinski definition) is 4. The summed E-state index contributed by atoms with van der Waals surface area (Å²) in [5.41, 5.74) is 0.310. The molecule has 1 aromatic rings. The van der Waals surface area contributed by atoms with Crippen molar-refractivity contribution in [3.05, 3.63) is 35.9 Å². The first-order valence-corrected chi connectivity index (χ1v) is 7.70. The van der Waals surface area contributed by atoms with Gasteiger partial charge in [0.25, 0.3) is 6.47 Å². The number of nitrogens with one attached hydrogen (secondary N) is 1. The lowest BCUT2D eigenvalue weighted by molar-refractivity contribution is -0.138. The maximum atomic E-state index is 12.3. The summed E-state index contributed by atoms with van der Waals surface area (Å²) in [7, 11) is 0. The Kier molecular flexibility index (Phi) is 6.75. The number of ketones is 1. The van der Waals surface area contributed by atoms with Gasteiger partial charge in [0.15, 0.2) is 5.78 Å². The Morgan fingerprint density at radius 3 is 2.32 bits per heavy atom. The number of carbonyl (C=O) groups excluding carboxylic acids is 2. The highest BCUT2D eigenvalue weighted by Crippen LogP contribution is 2.29. The van der Waals surface area contributed by atoms with E-state index in [4.69, 9.17) is 0 Å². The molecule has 0 saturated carbocycles. The molecule has 1 aliphatic heterocycles. The summed E-state index contributed by atoms with van der Waals surface area (Å²) in [6, 6.07) is 9.60. The molecule has 1 fully saturated rings. The van der Waals surface area contributed by atoms with Gasteiger partial charge >= 0.3 is 0 Å². The van der Waals surface area contributed by atoms with Crippen LogP contribution in [0.1, 0.15) is 50.9 Å². The van der Waals surface area contributed by atoms with E-state index in [9.17, 15) is 9.59 Å². The zero-order valence-electron chi connectivity index (χ0n) is 14.0. The van der Waals surface area contributed by atoms with Gasteiger partial charge in [0.05, 0.1) is 0 Å². The fraction of sp³-hybridized carbons (Fsp3) is 0.556. The minimum atomic E-state index is -0.318. The molecule has 1 aliphatic rings. The smallest absolute Gasteiger partial charge is 0.293 e. The average Bonchev–Trinajstić information content (AvgIpc) is 2.47. The van der Waals surface area contributed by atoms with Crippen LogP contribution in [0.15, 0.2) is 30.3 Å². The maximum Gasteiger partial charge on any atom is 0.293 e. The minimum absolute atomic E-state index is 0.209. The van der Waals surface area contributed by atoms with Crippen LogP contribution in [0.4, 0.5) is 0 Å². The molecule has 0 aromatic heterocycles. The van der Waals surface area contributed by atoms with Crippen molar-refractivity contribution < 1.29 is 14.3 Å². The van der Waals surface area contributed by atoms with E-state index in [0.717, 1.165) is 31.5 Å². The molecule has 122 valence electrons. The Bertz CT molecular complexity index is 471. The second-order valence-corrected chi connectivity index (χ2v) is 6.86. The van der Waals surface area contributed by atoms with Crippen LogP contribution in [0.2, 0.25) is 0 Å². The molecule has 0 bridgehead atoms. The molecule has 0 amide bonds. The molecule has 1 saturated heterocycles. The zero-order chi connectivity index (χ0) is 16.6. The van der Waals surface area contributed by atoms with E-state index >= 15 is 0 Å². The van der Waals surface area contributed by atoms with Crippen molar-refractivity contribution in [2.24, 2.45) is 5.41 Å². The van der Waals surface area contributed by atoms with Gasteiger partial charge in [0.1, 0.15) is 5.60 Å². The zero-order valence-corrected chi connectivity index (χ0v) is 14.0. The highest BCUT2D eigenvalue weighted by Gasteiger charge is 2.34. The molecule has 1 atom stereocenters. The fourth-order valence-corrected chi connectivity index (χ4v) is 2.33. The van der Waals surface area contributed by atoms with Gasteiger partial charge in [-0.2, -0.15) is 0 Å². The maximum absolute atomic E-state index is 12.3. The van der Waals surface area contributed by atoms with Gasteiger partial charge in [-0.3, -0.25) is 9.59 Å². The lowest BCUT2D eigenvalue weighted by Crippen LogP contribution is -2.43. The van der Waals surface area contributed by atoms with E-state index in [0.29, 0.717) is 6.47 Å². The van der Waals surface area contributed by atoms with E-state index in [2.05, 4.69) is 17.0 Å². The monoisotopic (exact) mass is 305 g/mol. The molecule has 1 unspecified atom stereocenters.